The Balaban J connectivity index is 0.000000548. The fraction of sp³-hybridized carbons (Fsp3) is 0.269. The third-order valence-electron chi connectivity index (χ3n) is 4.29. The molecule has 0 saturated heterocycles. The lowest BCUT2D eigenvalue weighted by Gasteiger charge is -2.15. The lowest BCUT2D eigenvalue weighted by molar-refractivity contribution is -0.140. The Kier molecular flexibility index (Phi) is 15.2. The number of aliphatic imine (C=N–C) groups is 1. The Bertz CT molecular complexity index is 1170. The van der Waals surface area contributed by atoms with Crippen LogP contribution in [0, 0.1) is 0 Å². The summed E-state index contributed by atoms with van der Waals surface area (Å²) in [5.41, 5.74) is 6.64. The predicted octanol–water partition coefficient (Wildman–Crippen LogP) is 4.16. The monoisotopic (exact) mass is 543 g/mol. The quantitative estimate of drug-likeness (QED) is 0.112. The van der Waals surface area contributed by atoms with E-state index >= 15 is 0 Å². The van der Waals surface area contributed by atoms with Crippen LogP contribution >= 0.6 is 11.9 Å². The summed E-state index contributed by atoms with van der Waals surface area (Å²) in [7, 11) is 1.32. The summed E-state index contributed by atoms with van der Waals surface area (Å²) in [6.07, 6.45) is 4.65. The maximum Gasteiger partial charge on any atom is 0.306 e. The molecule has 12 heteroatoms. The van der Waals surface area contributed by atoms with E-state index in [0.29, 0.717) is 24.4 Å². The minimum atomic E-state index is -0.342. The largest absolute Gasteiger partial charge is 0.508 e. The molecule has 0 fully saturated rings. The van der Waals surface area contributed by atoms with Crippen LogP contribution in [0.15, 0.2) is 70.7 Å². The number of aromatic hydroxyl groups is 1. The van der Waals surface area contributed by atoms with E-state index in [1.807, 2.05) is 20.8 Å². The highest BCUT2D eigenvalue weighted by atomic mass is 32.2. The SMILES string of the molecule is CC.COC(=O)C[C@H](C)SN(C=O)C=Nc1ccc(Oc2c[nH]c(=O)cn2)cc1.NCc1ccc(O)cc1. The third kappa shape index (κ3) is 12.7. The van der Waals surface area contributed by atoms with Gasteiger partial charge in [0.25, 0.3) is 5.56 Å². The van der Waals surface area contributed by atoms with Gasteiger partial charge in [0.2, 0.25) is 12.3 Å². The molecule has 0 spiro atoms. The number of benzene rings is 2. The van der Waals surface area contributed by atoms with Gasteiger partial charge in [-0.05, 0) is 53.9 Å². The molecular formula is C26H33N5O6S. The summed E-state index contributed by atoms with van der Waals surface area (Å²) in [5.74, 6) is 0.716. The zero-order valence-electron chi connectivity index (χ0n) is 21.7. The number of nitrogens with zero attached hydrogens (tertiary/aromatic N) is 3. The number of carbonyl (C=O) groups excluding carboxylic acids is 2. The molecule has 0 aliphatic heterocycles. The summed E-state index contributed by atoms with van der Waals surface area (Å²) in [6.45, 7) is 6.34. The zero-order chi connectivity index (χ0) is 28.3. The van der Waals surface area contributed by atoms with E-state index in [2.05, 4.69) is 19.7 Å². The van der Waals surface area contributed by atoms with E-state index in [4.69, 9.17) is 15.6 Å². The molecule has 3 aromatic rings. The van der Waals surface area contributed by atoms with Crippen molar-refractivity contribution in [1.29, 1.82) is 0 Å². The molecule has 2 aromatic carbocycles. The van der Waals surface area contributed by atoms with Gasteiger partial charge < -0.3 is 25.3 Å². The molecule has 1 atom stereocenters. The number of nitrogens with one attached hydrogen (secondary N) is 1. The maximum atomic E-state index is 11.2. The van der Waals surface area contributed by atoms with Crippen LogP contribution in [0.1, 0.15) is 32.8 Å². The highest BCUT2D eigenvalue weighted by Gasteiger charge is 2.13. The molecule has 1 amide bonds. The Labute approximate surface area is 225 Å². The van der Waals surface area contributed by atoms with Crippen LogP contribution in [0.3, 0.4) is 0 Å². The Morgan fingerprint density at radius 2 is 1.87 bits per heavy atom. The van der Waals surface area contributed by atoms with Gasteiger partial charge in [-0.2, -0.15) is 0 Å². The number of esters is 1. The second-order valence-corrected chi connectivity index (χ2v) is 8.56. The molecule has 204 valence electrons. The number of ether oxygens (including phenoxy) is 2. The molecular weight excluding hydrogens is 510 g/mol. The number of methoxy groups -OCH3 is 1. The molecule has 0 saturated carbocycles. The van der Waals surface area contributed by atoms with E-state index in [0.717, 1.165) is 11.8 Å². The number of hydrogen-bond donors (Lipinski definition) is 3. The van der Waals surface area contributed by atoms with Crippen molar-refractivity contribution in [2.24, 2.45) is 10.7 Å². The third-order valence-corrected chi connectivity index (χ3v) is 5.24. The first-order chi connectivity index (χ1) is 18.3. The molecule has 3 rings (SSSR count). The molecule has 0 unspecified atom stereocenters. The summed E-state index contributed by atoms with van der Waals surface area (Å²) in [5, 5.41) is 8.67. The summed E-state index contributed by atoms with van der Waals surface area (Å²) < 4.78 is 11.4. The lowest BCUT2D eigenvalue weighted by Crippen LogP contribution is -2.18. The minimum absolute atomic E-state index is 0.144. The Hall–Kier alpha value is -4.16. The summed E-state index contributed by atoms with van der Waals surface area (Å²) in [4.78, 5) is 43.9. The predicted molar refractivity (Wildman–Crippen MR) is 148 cm³/mol. The minimum Gasteiger partial charge on any atom is -0.508 e. The van der Waals surface area contributed by atoms with Crippen molar-refractivity contribution in [2.75, 3.05) is 7.11 Å². The number of carbonyl (C=O) groups is 2. The number of aromatic nitrogens is 2. The van der Waals surface area contributed by atoms with Crippen LogP contribution < -0.4 is 16.0 Å². The molecule has 11 nitrogen and oxygen atoms in total. The maximum absolute atomic E-state index is 11.2. The molecule has 0 radical (unpaired) electrons. The second kappa shape index (κ2) is 18.1. The first-order valence-corrected chi connectivity index (χ1v) is 12.5. The van der Waals surface area contributed by atoms with Crippen molar-refractivity contribution >= 4 is 36.4 Å². The van der Waals surface area contributed by atoms with Gasteiger partial charge in [-0.25, -0.2) is 14.3 Å². The van der Waals surface area contributed by atoms with Crippen molar-refractivity contribution in [2.45, 2.75) is 39.0 Å². The molecule has 1 heterocycles. The second-order valence-electron chi connectivity index (χ2n) is 7.12. The van der Waals surface area contributed by atoms with Crippen molar-refractivity contribution in [1.82, 2.24) is 14.3 Å². The van der Waals surface area contributed by atoms with Gasteiger partial charge >= 0.3 is 5.97 Å². The van der Waals surface area contributed by atoms with Gasteiger partial charge in [0.15, 0.2) is 0 Å². The first-order valence-electron chi connectivity index (χ1n) is 11.6. The highest BCUT2D eigenvalue weighted by Crippen LogP contribution is 2.23. The number of nitrogens with two attached hydrogens (primary N) is 1. The van der Waals surface area contributed by atoms with Gasteiger partial charge in [-0.1, -0.05) is 32.9 Å². The van der Waals surface area contributed by atoms with Crippen molar-refractivity contribution in [3.8, 4) is 17.4 Å². The summed E-state index contributed by atoms with van der Waals surface area (Å²) >= 11 is 1.17. The topological polar surface area (TPSA) is 160 Å². The number of amides is 1. The average Bonchev–Trinajstić information content (AvgIpc) is 2.95. The normalized spacial score (nSPS) is 10.8. The van der Waals surface area contributed by atoms with E-state index in [1.54, 1.807) is 48.5 Å². The van der Waals surface area contributed by atoms with E-state index < -0.39 is 0 Å². The van der Waals surface area contributed by atoms with Crippen LogP contribution in [-0.4, -0.2) is 50.5 Å². The molecule has 38 heavy (non-hydrogen) atoms. The number of H-pyrrole nitrogens is 1. The van der Waals surface area contributed by atoms with Gasteiger partial charge in [0.1, 0.15) is 17.8 Å². The van der Waals surface area contributed by atoms with Gasteiger partial charge in [0, 0.05) is 11.8 Å². The average molecular weight is 544 g/mol. The van der Waals surface area contributed by atoms with Gasteiger partial charge in [-0.15, -0.1) is 0 Å². The molecule has 4 N–H and O–H groups in total. The molecule has 1 aromatic heterocycles. The van der Waals surface area contributed by atoms with E-state index in [-0.39, 0.29) is 34.8 Å². The van der Waals surface area contributed by atoms with Crippen LogP contribution in [0.2, 0.25) is 0 Å². The zero-order valence-corrected chi connectivity index (χ0v) is 22.6. The lowest BCUT2D eigenvalue weighted by atomic mass is 10.2. The number of phenolic OH excluding ortho intramolecular Hbond substituents is 1. The van der Waals surface area contributed by atoms with Crippen LogP contribution in [0.4, 0.5) is 5.69 Å². The molecule has 0 aliphatic rings. The van der Waals surface area contributed by atoms with Crippen LogP contribution in [-0.2, 0) is 20.9 Å². The van der Waals surface area contributed by atoms with Crippen molar-refractivity contribution in [3.05, 3.63) is 76.8 Å². The van der Waals surface area contributed by atoms with Crippen LogP contribution in [0.25, 0.3) is 0 Å². The summed E-state index contributed by atoms with van der Waals surface area (Å²) in [6, 6.07) is 13.6. The standard InChI is InChI=1S/C17H18N4O5S.C7H9NO.C2H6/c1-12(7-17(24)25-2)27-21(11-22)10-20-13-3-5-14(6-4-13)26-16-9-18-15(23)8-19-16;8-5-6-1-3-7(9)4-2-6;1-2/h3-6,8-12H,7H2,1-2H3,(H,18,23);1-4,9H,5,8H2;1-2H3/t12-;;/m0../s1. The van der Waals surface area contributed by atoms with Gasteiger partial charge in [0.05, 0.1) is 31.6 Å². The number of rotatable bonds is 10. The first kappa shape index (κ1) is 31.9. The molecule has 0 bridgehead atoms. The molecule has 0 aliphatic carbocycles. The number of aromatic amines is 1. The Morgan fingerprint density at radius 3 is 2.39 bits per heavy atom. The Morgan fingerprint density at radius 1 is 1.21 bits per heavy atom. The number of phenols is 1. The fourth-order valence-corrected chi connectivity index (χ4v) is 3.28. The fourth-order valence-electron chi connectivity index (χ4n) is 2.50. The van der Waals surface area contributed by atoms with E-state index in [9.17, 15) is 14.4 Å². The van der Waals surface area contributed by atoms with E-state index in [1.165, 1.54) is 35.9 Å². The van der Waals surface area contributed by atoms with Gasteiger partial charge in [-0.3, -0.25) is 14.4 Å². The smallest absolute Gasteiger partial charge is 0.306 e. The highest BCUT2D eigenvalue weighted by molar-refractivity contribution is 7.98. The van der Waals surface area contributed by atoms with Crippen molar-refractivity contribution in [3.63, 3.8) is 0 Å². The number of hydrogen-bond acceptors (Lipinski definition) is 10. The van der Waals surface area contributed by atoms with Crippen molar-refractivity contribution < 1.29 is 24.2 Å². The van der Waals surface area contributed by atoms with Crippen LogP contribution in [0.5, 0.6) is 17.4 Å².